The smallest absolute Gasteiger partial charge is 0.142 e. The zero-order valence-electron chi connectivity index (χ0n) is 14.4. The van der Waals surface area contributed by atoms with E-state index < -0.39 is 0 Å². The Morgan fingerprint density at radius 1 is 1.20 bits per heavy atom. The van der Waals surface area contributed by atoms with E-state index >= 15 is 0 Å². The Morgan fingerprint density at radius 3 is 2.60 bits per heavy atom. The normalized spacial score (nSPS) is 14.8. The first kappa shape index (κ1) is 17.8. The molecule has 0 bridgehead atoms. The van der Waals surface area contributed by atoms with E-state index in [1.807, 2.05) is 31.2 Å². The molecule has 1 aliphatic heterocycles. The number of aldehydes is 1. The van der Waals surface area contributed by atoms with Crippen LogP contribution in [0.5, 0.6) is 5.75 Å². The fourth-order valence-corrected chi connectivity index (χ4v) is 3.09. The lowest BCUT2D eigenvalue weighted by atomic mass is 10.0. The molecule has 0 amide bonds. The van der Waals surface area contributed by atoms with Crippen LogP contribution in [0.1, 0.15) is 18.1 Å². The number of ether oxygens (including phenoxy) is 1. The maximum atomic E-state index is 10.7. The number of nitrogens with one attached hydrogen (secondary N) is 1. The summed E-state index contributed by atoms with van der Waals surface area (Å²) in [5, 5.41) is 4.17. The number of likely N-dealkylation sites (tertiary alicyclic amines) is 1. The third-order valence-corrected chi connectivity index (χ3v) is 4.58. The fraction of sp³-hybridized carbons (Fsp3) is 0.350. The zero-order chi connectivity index (χ0) is 17.6. The monoisotopic (exact) mass is 358 g/mol. The van der Waals surface area contributed by atoms with Crippen LogP contribution in [0, 0.1) is 5.92 Å². The molecule has 2 aromatic rings. The van der Waals surface area contributed by atoms with Crippen LogP contribution in [0.3, 0.4) is 0 Å². The summed E-state index contributed by atoms with van der Waals surface area (Å²) in [7, 11) is 0. The third-order valence-electron chi connectivity index (χ3n) is 4.33. The average molecular weight is 359 g/mol. The molecular formula is C20H23ClN2O2. The van der Waals surface area contributed by atoms with E-state index in [1.54, 1.807) is 0 Å². The highest BCUT2D eigenvalue weighted by molar-refractivity contribution is 6.30. The third kappa shape index (κ3) is 4.74. The van der Waals surface area contributed by atoms with Gasteiger partial charge in [0.05, 0.1) is 12.3 Å². The molecule has 0 radical (unpaired) electrons. The first-order valence-corrected chi connectivity index (χ1v) is 8.97. The summed E-state index contributed by atoms with van der Waals surface area (Å²) >= 11 is 5.93. The van der Waals surface area contributed by atoms with E-state index in [0.29, 0.717) is 13.2 Å². The van der Waals surface area contributed by atoms with Gasteiger partial charge < -0.3 is 14.8 Å². The van der Waals surface area contributed by atoms with Crippen LogP contribution in [-0.2, 0) is 17.9 Å². The standard InChI is InChI=1S/C20H23ClN2O2/c1-2-25-20-9-16(11-23-12-17(13-23)14-24)5-8-19(20)22-10-15-3-6-18(21)7-4-15/h3-9,14,17,22H,2,10-13H2,1H3. The molecule has 0 spiro atoms. The highest BCUT2D eigenvalue weighted by Crippen LogP contribution is 2.28. The van der Waals surface area contributed by atoms with Gasteiger partial charge in [-0.05, 0) is 42.3 Å². The Bertz CT molecular complexity index is 712. The van der Waals surface area contributed by atoms with Gasteiger partial charge in [-0.15, -0.1) is 0 Å². The van der Waals surface area contributed by atoms with Gasteiger partial charge in [-0.2, -0.15) is 0 Å². The van der Waals surface area contributed by atoms with Gasteiger partial charge in [0.25, 0.3) is 0 Å². The summed E-state index contributed by atoms with van der Waals surface area (Å²) in [5.41, 5.74) is 3.34. The highest BCUT2D eigenvalue weighted by Gasteiger charge is 2.25. The van der Waals surface area contributed by atoms with Crippen molar-refractivity contribution in [1.29, 1.82) is 0 Å². The predicted molar refractivity (Wildman–Crippen MR) is 101 cm³/mol. The van der Waals surface area contributed by atoms with E-state index in [4.69, 9.17) is 16.3 Å². The van der Waals surface area contributed by atoms with Crippen LogP contribution in [-0.4, -0.2) is 30.9 Å². The molecule has 3 rings (SSSR count). The predicted octanol–water partition coefficient (Wildman–Crippen LogP) is 3.98. The number of hydrogen-bond donors (Lipinski definition) is 1. The molecule has 0 saturated carbocycles. The molecule has 0 aromatic heterocycles. The lowest BCUT2D eigenvalue weighted by Crippen LogP contribution is -2.46. The van der Waals surface area contributed by atoms with Crippen molar-refractivity contribution in [2.24, 2.45) is 5.92 Å². The first-order chi connectivity index (χ1) is 12.2. The largest absolute Gasteiger partial charge is 0.492 e. The van der Waals surface area contributed by atoms with Gasteiger partial charge in [0.2, 0.25) is 0 Å². The Balaban J connectivity index is 1.64. The van der Waals surface area contributed by atoms with E-state index in [2.05, 4.69) is 28.4 Å². The van der Waals surface area contributed by atoms with Crippen molar-refractivity contribution in [2.75, 3.05) is 25.0 Å². The number of rotatable bonds is 8. The second kappa shape index (κ2) is 8.37. The average Bonchev–Trinajstić information content (AvgIpc) is 2.58. The first-order valence-electron chi connectivity index (χ1n) is 8.59. The van der Waals surface area contributed by atoms with Crippen LogP contribution < -0.4 is 10.1 Å². The van der Waals surface area contributed by atoms with Gasteiger partial charge >= 0.3 is 0 Å². The number of nitrogens with zero attached hydrogens (tertiary/aromatic N) is 1. The minimum atomic E-state index is 0.201. The lowest BCUT2D eigenvalue weighted by molar-refractivity contribution is -0.115. The molecule has 1 fully saturated rings. The van der Waals surface area contributed by atoms with Crippen LogP contribution in [0.4, 0.5) is 5.69 Å². The van der Waals surface area contributed by atoms with Gasteiger partial charge in [0, 0.05) is 37.1 Å². The highest BCUT2D eigenvalue weighted by atomic mass is 35.5. The topological polar surface area (TPSA) is 41.6 Å². The Hall–Kier alpha value is -2.04. The summed E-state index contributed by atoms with van der Waals surface area (Å²) in [6.45, 7) is 5.87. The Labute approximate surface area is 153 Å². The number of benzene rings is 2. The molecule has 25 heavy (non-hydrogen) atoms. The second-order valence-electron chi connectivity index (χ2n) is 6.33. The van der Waals surface area contributed by atoms with Crippen LogP contribution >= 0.6 is 11.6 Å². The number of hydrogen-bond acceptors (Lipinski definition) is 4. The molecule has 0 unspecified atom stereocenters. The van der Waals surface area contributed by atoms with Crippen molar-refractivity contribution < 1.29 is 9.53 Å². The second-order valence-corrected chi connectivity index (χ2v) is 6.77. The molecule has 1 aliphatic rings. The van der Waals surface area contributed by atoms with Crippen molar-refractivity contribution in [3.05, 3.63) is 58.6 Å². The van der Waals surface area contributed by atoms with Crippen molar-refractivity contribution in [3.8, 4) is 5.75 Å². The molecule has 132 valence electrons. The number of carbonyl (C=O) groups is 1. The lowest BCUT2D eigenvalue weighted by Gasteiger charge is -2.36. The maximum Gasteiger partial charge on any atom is 0.142 e. The van der Waals surface area contributed by atoms with Gasteiger partial charge in [0.1, 0.15) is 12.0 Å². The summed E-state index contributed by atoms with van der Waals surface area (Å²) < 4.78 is 5.80. The van der Waals surface area contributed by atoms with E-state index in [0.717, 1.165) is 47.9 Å². The Morgan fingerprint density at radius 2 is 1.92 bits per heavy atom. The quantitative estimate of drug-likeness (QED) is 0.725. The van der Waals surface area contributed by atoms with Crippen LogP contribution in [0.15, 0.2) is 42.5 Å². The molecule has 5 heteroatoms. The molecule has 0 aliphatic carbocycles. The zero-order valence-corrected chi connectivity index (χ0v) is 15.1. The molecular weight excluding hydrogens is 336 g/mol. The van der Waals surface area contributed by atoms with E-state index in [1.165, 1.54) is 5.56 Å². The van der Waals surface area contributed by atoms with Crippen molar-refractivity contribution in [1.82, 2.24) is 4.90 Å². The molecule has 2 aromatic carbocycles. The number of anilines is 1. The minimum absolute atomic E-state index is 0.201. The van der Waals surface area contributed by atoms with Crippen molar-refractivity contribution in [2.45, 2.75) is 20.0 Å². The summed E-state index contributed by atoms with van der Waals surface area (Å²) in [6, 6.07) is 14.1. The molecule has 4 nitrogen and oxygen atoms in total. The number of carbonyl (C=O) groups excluding carboxylic acids is 1. The van der Waals surface area contributed by atoms with Gasteiger partial charge in [0.15, 0.2) is 0 Å². The van der Waals surface area contributed by atoms with Crippen molar-refractivity contribution in [3.63, 3.8) is 0 Å². The van der Waals surface area contributed by atoms with Gasteiger partial charge in [-0.25, -0.2) is 0 Å². The minimum Gasteiger partial charge on any atom is -0.492 e. The number of halogens is 1. The van der Waals surface area contributed by atoms with Crippen LogP contribution in [0.25, 0.3) is 0 Å². The van der Waals surface area contributed by atoms with Gasteiger partial charge in [-0.3, -0.25) is 4.90 Å². The van der Waals surface area contributed by atoms with E-state index in [-0.39, 0.29) is 5.92 Å². The molecule has 0 atom stereocenters. The maximum absolute atomic E-state index is 10.7. The SMILES string of the molecule is CCOc1cc(CN2CC(C=O)C2)ccc1NCc1ccc(Cl)cc1. The molecule has 1 heterocycles. The van der Waals surface area contributed by atoms with Gasteiger partial charge in [-0.1, -0.05) is 29.8 Å². The van der Waals surface area contributed by atoms with E-state index in [9.17, 15) is 4.79 Å². The summed E-state index contributed by atoms with van der Waals surface area (Å²) in [5.74, 6) is 1.06. The molecule has 1 saturated heterocycles. The van der Waals surface area contributed by atoms with Crippen molar-refractivity contribution >= 4 is 23.6 Å². The summed E-state index contributed by atoms with van der Waals surface area (Å²) in [6.07, 6.45) is 1.05. The summed E-state index contributed by atoms with van der Waals surface area (Å²) in [4.78, 5) is 13.0. The Kier molecular flexibility index (Phi) is 5.95. The molecule has 1 N–H and O–H groups in total. The van der Waals surface area contributed by atoms with Crippen LogP contribution in [0.2, 0.25) is 5.02 Å². The fourth-order valence-electron chi connectivity index (χ4n) is 2.97.